The molecule has 0 bridgehead atoms. The molecular weight excluding hydrogens is 1010 g/mol. The lowest BCUT2D eigenvalue weighted by Gasteiger charge is -2.35. The molecule has 16 rings (SSSR count). The van der Waals surface area contributed by atoms with Gasteiger partial charge in [0.1, 0.15) is 0 Å². The van der Waals surface area contributed by atoms with E-state index in [1.54, 1.807) is 0 Å². The van der Waals surface area contributed by atoms with Gasteiger partial charge in [-0.05, 0) is 127 Å². The largest absolute Gasteiger partial charge is 0.309 e. The minimum atomic E-state index is -2.94. The fourth-order valence-electron chi connectivity index (χ4n) is 13.3. The minimum Gasteiger partial charge on any atom is -0.309 e. The molecule has 0 spiro atoms. The summed E-state index contributed by atoms with van der Waals surface area (Å²) in [5, 5.41) is 11.8. The van der Waals surface area contributed by atoms with Crippen molar-refractivity contribution in [2.45, 2.75) is 0 Å². The van der Waals surface area contributed by atoms with Crippen molar-refractivity contribution >= 4 is 94.2 Å². The minimum absolute atomic E-state index is 0.187. The van der Waals surface area contributed by atoms with Gasteiger partial charge >= 0.3 is 0 Å². The molecule has 3 heterocycles. The quantitative estimate of drug-likeness (QED) is 0.0958. The van der Waals surface area contributed by atoms with Gasteiger partial charge in [0.25, 0.3) is 0 Å². The molecule has 82 heavy (non-hydrogen) atoms. The third kappa shape index (κ3) is 7.57. The van der Waals surface area contributed by atoms with Crippen LogP contribution in [0.3, 0.4) is 0 Å². The summed E-state index contributed by atoms with van der Waals surface area (Å²) in [5.74, 6) is 0. The van der Waals surface area contributed by atoms with E-state index in [1.807, 2.05) is 30.3 Å². The van der Waals surface area contributed by atoms with E-state index in [4.69, 9.17) is 6.85 Å². The van der Waals surface area contributed by atoms with E-state index in [0.717, 1.165) is 82.8 Å². The van der Waals surface area contributed by atoms with Gasteiger partial charge in [0.2, 0.25) is 0 Å². The molecule has 0 N–H and O–H groups in total. The zero-order chi connectivity index (χ0) is 58.5. The second-order valence-corrected chi connectivity index (χ2v) is 25.1. The Morgan fingerprint density at radius 3 is 1.17 bits per heavy atom. The van der Waals surface area contributed by atoms with Crippen molar-refractivity contribution in [3.63, 3.8) is 0 Å². The maximum atomic E-state index is 8.81. The van der Waals surface area contributed by atoms with Gasteiger partial charge in [-0.1, -0.05) is 249 Å². The third-order valence-corrected chi connectivity index (χ3v) is 21.6. The Hall–Kier alpha value is -10.5. The van der Waals surface area contributed by atoms with Gasteiger partial charge in [-0.25, -0.2) is 0 Å². The summed E-state index contributed by atoms with van der Waals surface area (Å²) in [4.78, 5) is 0. The van der Waals surface area contributed by atoms with Crippen molar-refractivity contribution in [3.05, 3.63) is 321 Å². The number of hydrogen-bond donors (Lipinski definition) is 0. The highest BCUT2D eigenvalue weighted by atomic mass is 28.3. The molecule has 0 saturated carbocycles. The highest BCUT2D eigenvalue weighted by Gasteiger charge is 2.41. The number of hydrogen-bond acceptors (Lipinski definition) is 0. The molecule has 13 aromatic carbocycles. The molecule has 0 aliphatic carbocycles. The smallest absolute Gasteiger partial charge is 0.179 e. The second kappa shape index (κ2) is 19.4. The monoisotopic (exact) mass is 1060 g/mol. The Bertz CT molecular complexity index is 5280. The molecule has 0 saturated heterocycles. The van der Waals surface area contributed by atoms with Crippen LogP contribution >= 0.6 is 0 Å². The van der Waals surface area contributed by atoms with Crippen LogP contribution in [0, 0.1) is 0 Å². The molecule has 0 unspecified atom stereocenters. The van der Waals surface area contributed by atoms with Crippen LogP contribution in [0.25, 0.3) is 116 Å². The van der Waals surface area contributed by atoms with Crippen molar-refractivity contribution in [2.75, 3.05) is 0 Å². The van der Waals surface area contributed by atoms with Crippen LogP contribution < -0.4 is 20.7 Å². The van der Waals surface area contributed by atoms with Gasteiger partial charge in [-0.2, -0.15) is 0 Å². The molecule has 4 heteroatoms. The van der Waals surface area contributed by atoms with Crippen molar-refractivity contribution in [1.82, 2.24) is 13.7 Å². The average Bonchev–Trinajstić information content (AvgIpc) is 1.92. The summed E-state index contributed by atoms with van der Waals surface area (Å²) in [5.41, 5.74) is 14.7. The number of fused-ring (bicyclic) bond motifs is 9. The van der Waals surface area contributed by atoms with E-state index in [-0.39, 0.29) is 29.7 Å². The molecule has 0 amide bonds. The van der Waals surface area contributed by atoms with Crippen LogP contribution in [0.2, 0.25) is 0 Å². The molecule has 0 atom stereocenters. The first-order valence-electron chi connectivity index (χ1n) is 30.4. The normalized spacial score (nSPS) is 12.8. The van der Waals surface area contributed by atoms with Gasteiger partial charge in [0, 0.05) is 49.4 Å². The molecule has 0 fully saturated rings. The first-order chi connectivity index (χ1) is 42.7. The Morgan fingerprint density at radius 1 is 0.220 bits per heavy atom. The van der Waals surface area contributed by atoms with Crippen molar-refractivity contribution in [2.24, 2.45) is 0 Å². The second-order valence-electron chi connectivity index (χ2n) is 21.3. The average molecular weight is 1070 g/mol. The van der Waals surface area contributed by atoms with Gasteiger partial charge < -0.3 is 13.7 Å². The fourth-order valence-corrected chi connectivity index (χ4v) is 18.0. The van der Waals surface area contributed by atoms with Crippen molar-refractivity contribution < 1.29 is 6.85 Å². The van der Waals surface area contributed by atoms with Gasteiger partial charge in [-0.15, -0.1) is 0 Å². The predicted molar refractivity (Wildman–Crippen MR) is 349 cm³/mol. The van der Waals surface area contributed by atoms with E-state index in [0.29, 0.717) is 5.56 Å². The summed E-state index contributed by atoms with van der Waals surface area (Å²) in [6.45, 7) is 0. The maximum Gasteiger partial charge on any atom is 0.179 e. The Kier molecular flexibility index (Phi) is 10.0. The van der Waals surface area contributed by atoms with Gasteiger partial charge in [0.05, 0.1) is 40.0 Å². The van der Waals surface area contributed by atoms with Crippen molar-refractivity contribution in [1.29, 1.82) is 0 Å². The first-order valence-corrected chi connectivity index (χ1v) is 29.9. The molecular formula is C78H53N3Si. The maximum absolute atomic E-state index is 8.81. The van der Waals surface area contributed by atoms with E-state index >= 15 is 0 Å². The lowest BCUT2D eigenvalue weighted by Crippen LogP contribution is -2.74. The summed E-state index contributed by atoms with van der Waals surface area (Å²) >= 11 is 0. The van der Waals surface area contributed by atoms with Gasteiger partial charge in [0.15, 0.2) is 8.07 Å². The SMILES string of the molecule is [2H]c1c([2H])c([2H])c(-c2ccc3c(c2)c2ccccc2n3-c2ccc3c(c2)c2ccccc2n3-c2cc(-c3ccc([Si](c4ccccc4)(c4ccccc4)c4cccc(-c5ccccc5)c4)cc3)cc(-n3c4ccccc4c4ccccc43)c2)c([2H])c1[2H]. The van der Waals surface area contributed by atoms with E-state index in [2.05, 4.69) is 275 Å². The summed E-state index contributed by atoms with van der Waals surface area (Å²) in [6, 6.07) is 104. The number of para-hydroxylation sites is 4. The Labute approximate surface area is 484 Å². The van der Waals surface area contributed by atoms with E-state index in [9.17, 15) is 0 Å². The number of nitrogens with zero attached hydrogens (tertiary/aromatic N) is 3. The molecule has 0 aliphatic heterocycles. The zero-order valence-electron chi connectivity index (χ0n) is 49.6. The molecule has 3 nitrogen and oxygen atoms in total. The summed E-state index contributed by atoms with van der Waals surface area (Å²) < 4.78 is 49.9. The predicted octanol–water partition coefficient (Wildman–Crippen LogP) is 17.4. The molecule has 0 radical (unpaired) electrons. The van der Waals surface area contributed by atoms with E-state index < -0.39 is 14.1 Å². The third-order valence-electron chi connectivity index (χ3n) is 16.8. The topological polar surface area (TPSA) is 14.8 Å². The van der Waals surface area contributed by atoms with Crippen LogP contribution in [-0.2, 0) is 0 Å². The van der Waals surface area contributed by atoms with Gasteiger partial charge in [-0.3, -0.25) is 0 Å². The number of aromatic nitrogens is 3. The standard InChI is InChI=1S/C78H53N3Si/c1-5-22-54(23-6-1)57-26-21-31-66(50-57)82(63-27-9-3-10-28-63,64-29-11-4-12-30-64)65-44-40-56(41-45-65)59-48-61(80-73-36-17-13-32-67(73)68-33-14-18-37-74(68)80)52-62(49-59)81-76-39-20-16-35-70(76)72-53-60(43-47-78(72)81)79-75-38-19-15-34-69(75)71-51-58(42-46-77(71)79)55-24-7-2-8-25-55/h1-53H/i2D,7D,8D,24D,25D. The zero-order valence-corrected chi connectivity index (χ0v) is 45.6. The van der Waals surface area contributed by atoms with Crippen LogP contribution in [0.15, 0.2) is 321 Å². The molecule has 3 aromatic heterocycles. The van der Waals surface area contributed by atoms with E-state index in [1.165, 1.54) is 42.6 Å². The highest BCUT2D eigenvalue weighted by Crippen LogP contribution is 2.41. The summed E-state index contributed by atoms with van der Waals surface area (Å²) in [7, 11) is -2.94. The lowest BCUT2D eigenvalue weighted by atomic mass is 10.0. The number of benzene rings is 13. The molecule has 0 aliphatic rings. The molecule has 16 aromatic rings. The Balaban J connectivity index is 0.897. The number of rotatable bonds is 10. The van der Waals surface area contributed by atoms with Crippen LogP contribution in [0.5, 0.6) is 0 Å². The van der Waals surface area contributed by atoms with Crippen LogP contribution in [0.4, 0.5) is 0 Å². The van der Waals surface area contributed by atoms with Crippen LogP contribution in [0.1, 0.15) is 6.85 Å². The first kappa shape index (κ1) is 42.4. The Morgan fingerprint density at radius 2 is 0.610 bits per heavy atom. The highest BCUT2D eigenvalue weighted by molar-refractivity contribution is 7.20. The van der Waals surface area contributed by atoms with Crippen LogP contribution in [-0.4, -0.2) is 21.8 Å². The molecule has 384 valence electrons. The summed E-state index contributed by atoms with van der Waals surface area (Å²) in [6.07, 6.45) is 0. The van der Waals surface area contributed by atoms with Crippen molar-refractivity contribution in [3.8, 4) is 50.4 Å². The lowest BCUT2D eigenvalue weighted by molar-refractivity contribution is 1.13. The fraction of sp³-hybridized carbons (Fsp3) is 0.